The van der Waals surface area contributed by atoms with Crippen molar-refractivity contribution in [3.8, 4) is 5.75 Å². The third-order valence-corrected chi connectivity index (χ3v) is 5.16. The van der Waals surface area contributed by atoms with Crippen LogP contribution in [0, 0.1) is 0 Å². The van der Waals surface area contributed by atoms with E-state index in [-0.39, 0.29) is 24.2 Å². The lowest BCUT2D eigenvalue weighted by atomic mass is 9.91. The molecular formula is C19H28N2O3. The molecule has 132 valence electrons. The van der Waals surface area contributed by atoms with Crippen molar-refractivity contribution in [2.45, 2.75) is 64.3 Å². The minimum absolute atomic E-state index is 0.0402. The third kappa shape index (κ3) is 3.28. The number of nitrogens with one attached hydrogen (secondary N) is 1. The predicted molar refractivity (Wildman–Crippen MR) is 92.7 cm³/mol. The van der Waals surface area contributed by atoms with Crippen molar-refractivity contribution in [1.29, 1.82) is 0 Å². The third-order valence-electron chi connectivity index (χ3n) is 5.16. The number of hydrogen-bond donors (Lipinski definition) is 2. The Morgan fingerprint density at radius 2 is 2.08 bits per heavy atom. The van der Waals surface area contributed by atoms with Crippen molar-refractivity contribution in [3.63, 3.8) is 0 Å². The summed E-state index contributed by atoms with van der Waals surface area (Å²) < 4.78 is 5.75. The zero-order chi connectivity index (χ0) is 17.2. The predicted octanol–water partition coefficient (Wildman–Crippen LogP) is 2.21. The van der Waals surface area contributed by atoms with E-state index < -0.39 is 0 Å². The maximum atomic E-state index is 12.5. The van der Waals surface area contributed by atoms with E-state index in [0.717, 1.165) is 55.6 Å². The molecule has 1 aromatic carbocycles. The van der Waals surface area contributed by atoms with Crippen LogP contribution in [0.2, 0.25) is 0 Å². The molecule has 1 amide bonds. The molecule has 2 N–H and O–H groups in total. The molecule has 24 heavy (non-hydrogen) atoms. The highest BCUT2D eigenvalue weighted by molar-refractivity contribution is 5.87. The highest BCUT2D eigenvalue weighted by Crippen LogP contribution is 2.38. The monoisotopic (exact) mass is 332 g/mol. The molecule has 0 bridgehead atoms. The molecule has 2 fully saturated rings. The zero-order valence-corrected chi connectivity index (χ0v) is 14.7. The molecule has 1 spiro atoms. The van der Waals surface area contributed by atoms with Crippen LogP contribution in [0.1, 0.15) is 50.7 Å². The number of aliphatic hydroxyl groups excluding tert-OH is 1. The quantitative estimate of drug-likeness (QED) is 0.868. The van der Waals surface area contributed by atoms with E-state index in [1.54, 1.807) is 0 Å². The number of nitrogens with zero attached hydrogens (tertiary/aromatic N) is 1. The lowest BCUT2D eigenvalue weighted by Crippen LogP contribution is -2.63. The number of aliphatic hydroxyl groups is 1. The van der Waals surface area contributed by atoms with Gasteiger partial charge in [0.15, 0.2) is 0 Å². The van der Waals surface area contributed by atoms with Crippen LogP contribution in [-0.4, -0.2) is 40.6 Å². The maximum Gasteiger partial charge on any atom is 0.240 e. The minimum atomic E-state index is -0.329. The fourth-order valence-electron chi connectivity index (χ4n) is 4.00. The van der Waals surface area contributed by atoms with Crippen LogP contribution in [0.25, 0.3) is 0 Å². The first-order valence-electron chi connectivity index (χ1n) is 8.98. The molecule has 0 atom stereocenters. The Bertz CT molecular complexity index is 594. The number of hydrogen-bond acceptors (Lipinski definition) is 4. The molecule has 1 aliphatic heterocycles. The van der Waals surface area contributed by atoms with Gasteiger partial charge < -0.3 is 15.2 Å². The second-order valence-electron chi connectivity index (χ2n) is 7.18. The van der Waals surface area contributed by atoms with Gasteiger partial charge >= 0.3 is 0 Å². The summed E-state index contributed by atoms with van der Waals surface area (Å²) in [4.78, 5) is 14.8. The maximum absolute atomic E-state index is 12.5. The number of benzene rings is 1. The first-order valence-corrected chi connectivity index (χ1v) is 8.98. The zero-order valence-electron chi connectivity index (χ0n) is 14.7. The van der Waals surface area contributed by atoms with Crippen molar-refractivity contribution in [3.05, 3.63) is 29.3 Å². The van der Waals surface area contributed by atoms with Crippen LogP contribution in [-0.2, 0) is 17.9 Å². The number of piperazine rings is 1. The standard InChI is InChI=1S/C19H28N2O3/c1-14(2)24-17-6-5-15(11-16(17)13-22)12-21-10-9-20-18(23)19(21)7-3-4-8-19/h5-6,11,14,22H,3-4,7-10,12-13H2,1-2H3,(H,20,23). The summed E-state index contributed by atoms with van der Waals surface area (Å²) in [5.41, 5.74) is 1.60. The molecule has 0 aromatic heterocycles. The van der Waals surface area contributed by atoms with Gasteiger partial charge in [-0.05, 0) is 44.4 Å². The van der Waals surface area contributed by atoms with Crippen LogP contribution in [0.5, 0.6) is 5.75 Å². The summed E-state index contributed by atoms with van der Waals surface area (Å²) in [6.07, 6.45) is 4.20. The molecule has 5 nitrogen and oxygen atoms in total. The Hall–Kier alpha value is -1.59. The van der Waals surface area contributed by atoms with Gasteiger partial charge in [-0.1, -0.05) is 18.9 Å². The molecule has 1 aliphatic carbocycles. The van der Waals surface area contributed by atoms with Crippen molar-refractivity contribution >= 4 is 5.91 Å². The normalized spacial score (nSPS) is 20.6. The molecule has 1 aromatic rings. The van der Waals surface area contributed by atoms with E-state index in [1.807, 2.05) is 32.0 Å². The van der Waals surface area contributed by atoms with Crippen molar-refractivity contribution in [2.75, 3.05) is 13.1 Å². The molecule has 1 saturated carbocycles. The topological polar surface area (TPSA) is 61.8 Å². The molecule has 1 heterocycles. The average Bonchev–Trinajstić information content (AvgIpc) is 3.04. The second kappa shape index (κ2) is 7.11. The molecular weight excluding hydrogens is 304 g/mol. The summed E-state index contributed by atoms with van der Waals surface area (Å²) in [5.74, 6) is 0.927. The summed E-state index contributed by atoms with van der Waals surface area (Å²) in [6, 6.07) is 5.99. The van der Waals surface area contributed by atoms with Gasteiger partial charge in [0, 0.05) is 25.2 Å². The molecule has 0 unspecified atom stereocenters. The Kier molecular flexibility index (Phi) is 5.11. The van der Waals surface area contributed by atoms with Crippen LogP contribution in [0.4, 0.5) is 0 Å². The van der Waals surface area contributed by atoms with Crippen LogP contribution in [0.15, 0.2) is 18.2 Å². The van der Waals surface area contributed by atoms with Crippen LogP contribution < -0.4 is 10.1 Å². The Morgan fingerprint density at radius 1 is 1.33 bits per heavy atom. The SMILES string of the molecule is CC(C)Oc1ccc(CN2CCNC(=O)C23CCCC3)cc1CO. The summed E-state index contributed by atoms with van der Waals surface area (Å²) in [6.45, 7) is 6.24. The molecule has 5 heteroatoms. The molecule has 2 aliphatic rings. The number of carbonyl (C=O) groups excluding carboxylic acids is 1. The fraction of sp³-hybridized carbons (Fsp3) is 0.632. The van der Waals surface area contributed by atoms with Crippen LogP contribution in [0.3, 0.4) is 0 Å². The Labute approximate surface area is 144 Å². The van der Waals surface area contributed by atoms with Gasteiger partial charge in [-0.15, -0.1) is 0 Å². The Morgan fingerprint density at radius 3 is 2.75 bits per heavy atom. The van der Waals surface area contributed by atoms with Gasteiger partial charge in [-0.25, -0.2) is 0 Å². The summed E-state index contributed by atoms with van der Waals surface area (Å²) in [5, 5.41) is 12.7. The van der Waals surface area contributed by atoms with Crippen molar-refractivity contribution < 1.29 is 14.6 Å². The van der Waals surface area contributed by atoms with E-state index in [9.17, 15) is 9.90 Å². The van der Waals surface area contributed by atoms with E-state index in [4.69, 9.17) is 4.74 Å². The van der Waals surface area contributed by atoms with Crippen LogP contribution >= 0.6 is 0 Å². The van der Waals surface area contributed by atoms with Gasteiger partial charge in [-0.3, -0.25) is 9.69 Å². The highest BCUT2D eigenvalue weighted by Gasteiger charge is 2.47. The van der Waals surface area contributed by atoms with E-state index >= 15 is 0 Å². The van der Waals surface area contributed by atoms with E-state index in [0.29, 0.717) is 6.54 Å². The number of carbonyl (C=O) groups is 1. The van der Waals surface area contributed by atoms with Gasteiger partial charge in [-0.2, -0.15) is 0 Å². The summed E-state index contributed by atoms with van der Waals surface area (Å²) >= 11 is 0. The summed E-state index contributed by atoms with van der Waals surface area (Å²) in [7, 11) is 0. The van der Waals surface area contributed by atoms with Crippen molar-refractivity contribution in [2.24, 2.45) is 0 Å². The number of ether oxygens (including phenoxy) is 1. The van der Waals surface area contributed by atoms with Gasteiger partial charge in [0.1, 0.15) is 11.3 Å². The molecule has 1 saturated heterocycles. The first kappa shape index (κ1) is 17.2. The van der Waals surface area contributed by atoms with Gasteiger partial charge in [0.25, 0.3) is 0 Å². The number of rotatable bonds is 5. The molecule has 0 radical (unpaired) electrons. The second-order valence-corrected chi connectivity index (χ2v) is 7.18. The van der Waals surface area contributed by atoms with Gasteiger partial charge in [0.2, 0.25) is 5.91 Å². The lowest BCUT2D eigenvalue weighted by molar-refractivity contribution is -0.137. The minimum Gasteiger partial charge on any atom is -0.491 e. The first-order chi connectivity index (χ1) is 11.5. The van der Waals surface area contributed by atoms with E-state index in [1.165, 1.54) is 0 Å². The van der Waals surface area contributed by atoms with Crippen molar-refractivity contribution in [1.82, 2.24) is 10.2 Å². The smallest absolute Gasteiger partial charge is 0.240 e. The molecule has 3 rings (SSSR count). The largest absolute Gasteiger partial charge is 0.491 e. The number of amides is 1. The highest BCUT2D eigenvalue weighted by atomic mass is 16.5. The van der Waals surface area contributed by atoms with E-state index in [2.05, 4.69) is 10.2 Å². The average molecular weight is 332 g/mol. The Balaban J connectivity index is 1.80. The fourth-order valence-corrected chi connectivity index (χ4v) is 4.00. The van der Waals surface area contributed by atoms with Gasteiger partial charge in [0.05, 0.1) is 12.7 Å². The lowest BCUT2D eigenvalue weighted by Gasteiger charge is -2.43.